The highest BCUT2D eigenvalue weighted by Crippen LogP contribution is 2.80. The molecule has 21 heavy (non-hydrogen) atoms. The standard InChI is InChI=1S/C16H22O5/c1-4-15(2,3)14(18)20-7-19-11-9-5-8-6-10-13(17)21-12(11)16(8,9)10/h8-12H,4-7H2,1-3H3. The van der Waals surface area contributed by atoms with Crippen LogP contribution >= 0.6 is 0 Å². The third-order valence-electron chi connectivity index (χ3n) is 6.61. The van der Waals surface area contributed by atoms with Crippen LogP contribution in [0, 0.1) is 28.6 Å². The van der Waals surface area contributed by atoms with Gasteiger partial charge in [-0.05, 0) is 44.9 Å². The van der Waals surface area contributed by atoms with E-state index >= 15 is 0 Å². The molecule has 0 N–H and O–H groups in total. The third-order valence-corrected chi connectivity index (χ3v) is 6.61. The van der Waals surface area contributed by atoms with Gasteiger partial charge in [0.2, 0.25) is 0 Å². The molecular formula is C16H22O5. The second kappa shape index (κ2) is 4.00. The number of hydrogen-bond donors (Lipinski definition) is 0. The second-order valence-corrected chi connectivity index (χ2v) is 7.60. The van der Waals surface area contributed by atoms with Crippen molar-refractivity contribution in [2.75, 3.05) is 6.79 Å². The Hall–Kier alpha value is -1.10. The molecule has 0 amide bonds. The quantitative estimate of drug-likeness (QED) is 0.572. The number of rotatable bonds is 5. The van der Waals surface area contributed by atoms with Gasteiger partial charge in [-0.2, -0.15) is 0 Å². The van der Waals surface area contributed by atoms with E-state index in [9.17, 15) is 9.59 Å². The number of ether oxygens (including phenoxy) is 3. The van der Waals surface area contributed by atoms with Gasteiger partial charge in [-0.25, -0.2) is 0 Å². The predicted octanol–water partition coefficient (Wildman–Crippen LogP) is 1.89. The first kappa shape index (κ1) is 13.6. The van der Waals surface area contributed by atoms with Crippen molar-refractivity contribution in [2.24, 2.45) is 28.6 Å². The number of hydrogen-bond acceptors (Lipinski definition) is 5. The van der Waals surface area contributed by atoms with Gasteiger partial charge >= 0.3 is 11.9 Å². The lowest BCUT2D eigenvalue weighted by atomic mass is 9.28. The molecule has 5 nitrogen and oxygen atoms in total. The Morgan fingerprint density at radius 2 is 2.19 bits per heavy atom. The van der Waals surface area contributed by atoms with Crippen LogP contribution in [-0.2, 0) is 23.8 Å². The zero-order chi connectivity index (χ0) is 15.0. The maximum atomic E-state index is 11.9. The average Bonchev–Trinajstić information content (AvgIpc) is 2.71. The summed E-state index contributed by atoms with van der Waals surface area (Å²) in [5.41, 5.74) is -0.376. The number of carbonyl (C=O) groups is 2. The first-order valence-electron chi connectivity index (χ1n) is 7.92. The van der Waals surface area contributed by atoms with Gasteiger partial charge in [0.05, 0.1) is 11.3 Å². The van der Waals surface area contributed by atoms with Crippen LogP contribution in [0.3, 0.4) is 0 Å². The summed E-state index contributed by atoms with van der Waals surface area (Å²) in [4.78, 5) is 23.7. The molecule has 0 aromatic rings. The summed E-state index contributed by atoms with van der Waals surface area (Å²) in [6.07, 6.45) is 2.68. The molecule has 6 atom stereocenters. The van der Waals surface area contributed by atoms with E-state index in [1.807, 2.05) is 20.8 Å². The molecule has 3 saturated carbocycles. The molecule has 1 heterocycles. The molecule has 1 spiro atoms. The van der Waals surface area contributed by atoms with Crippen LogP contribution < -0.4 is 0 Å². The van der Waals surface area contributed by atoms with Crippen molar-refractivity contribution in [3.05, 3.63) is 0 Å². The lowest BCUT2D eigenvalue weighted by molar-refractivity contribution is -0.347. The van der Waals surface area contributed by atoms with E-state index < -0.39 is 5.41 Å². The van der Waals surface area contributed by atoms with Gasteiger partial charge < -0.3 is 14.2 Å². The molecule has 0 radical (unpaired) electrons. The van der Waals surface area contributed by atoms with Gasteiger partial charge in [-0.1, -0.05) is 6.92 Å². The van der Waals surface area contributed by atoms with Gasteiger partial charge in [-0.3, -0.25) is 9.59 Å². The van der Waals surface area contributed by atoms with E-state index in [0.29, 0.717) is 11.8 Å². The fourth-order valence-corrected chi connectivity index (χ4v) is 4.85. The summed E-state index contributed by atoms with van der Waals surface area (Å²) in [5, 5.41) is 0. The maximum absolute atomic E-state index is 11.9. The summed E-state index contributed by atoms with van der Waals surface area (Å²) in [6.45, 7) is 5.65. The zero-order valence-electron chi connectivity index (χ0n) is 12.8. The molecule has 5 heteroatoms. The van der Waals surface area contributed by atoms with Gasteiger partial charge in [-0.15, -0.1) is 0 Å². The van der Waals surface area contributed by atoms with E-state index in [4.69, 9.17) is 14.2 Å². The minimum Gasteiger partial charge on any atom is -0.459 e. The van der Waals surface area contributed by atoms with Crippen LogP contribution in [0.15, 0.2) is 0 Å². The average molecular weight is 294 g/mol. The molecule has 4 fully saturated rings. The van der Waals surface area contributed by atoms with Crippen LogP contribution in [0.25, 0.3) is 0 Å². The van der Waals surface area contributed by atoms with Crippen LogP contribution in [0.5, 0.6) is 0 Å². The summed E-state index contributed by atoms with van der Waals surface area (Å²) in [5.74, 6) is 0.917. The molecule has 1 aliphatic heterocycles. The maximum Gasteiger partial charge on any atom is 0.313 e. The summed E-state index contributed by atoms with van der Waals surface area (Å²) < 4.78 is 16.4. The molecule has 0 aromatic carbocycles. The Bertz CT molecular complexity index is 513. The van der Waals surface area contributed by atoms with Crippen molar-refractivity contribution in [1.82, 2.24) is 0 Å². The molecule has 1 saturated heterocycles. The normalized spacial score (nSPS) is 45.5. The van der Waals surface area contributed by atoms with Crippen LogP contribution in [0.1, 0.15) is 40.0 Å². The van der Waals surface area contributed by atoms with Crippen molar-refractivity contribution in [1.29, 1.82) is 0 Å². The highest BCUT2D eigenvalue weighted by atomic mass is 16.7. The van der Waals surface area contributed by atoms with E-state index in [2.05, 4.69) is 0 Å². The summed E-state index contributed by atoms with van der Waals surface area (Å²) in [7, 11) is 0. The molecule has 0 aromatic heterocycles. The lowest BCUT2D eigenvalue weighted by Crippen LogP contribution is -2.79. The first-order chi connectivity index (χ1) is 9.92. The number of esters is 2. The van der Waals surface area contributed by atoms with Crippen LogP contribution in [-0.4, -0.2) is 30.9 Å². The SMILES string of the molecule is CCC(C)(C)C(=O)OCOC1C2CC3CC4C(=O)OC1C342. The van der Waals surface area contributed by atoms with Gasteiger partial charge in [0, 0.05) is 5.41 Å². The van der Waals surface area contributed by atoms with Crippen molar-refractivity contribution in [3.63, 3.8) is 0 Å². The molecule has 4 aliphatic rings. The fourth-order valence-electron chi connectivity index (χ4n) is 4.85. The topological polar surface area (TPSA) is 61.8 Å². The molecule has 116 valence electrons. The van der Waals surface area contributed by atoms with Gasteiger partial charge in [0.25, 0.3) is 0 Å². The molecule has 4 rings (SSSR count). The fraction of sp³-hybridized carbons (Fsp3) is 0.875. The minimum absolute atomic E-state index is 0.0388. The largest absolute Gasteiger partial charge is 0.459 e. The van der Waals surface area contributed by atoms with E-state index in [1.54, 1.807) is 0 Å². The Morgan fingerprint density at radius 3 is 2.86 bits per heavy atom. The molecule has 6 unspecified atom stereocenters. The Kier molecular flexibility index (Phi) is 2.58. The van der Waals surface area contributed by atoms with Crippen molar-refractivity contribution in [2.45, 2.75) is 52.2 Å². The Morgan fingerprint density at radius 1 is 1.43 bits per heavy atom. The smallest absolute Gasteiger partial charge is 0.313 e. The van der Waals surface area contributed by atoms with E-state index in [1.165, 1.54) is 0 Å². The van der Waals surface area contributed by atoms with Gasteiger partial charge in [0.15, 0.2) is 6.79 Å². The van der Waals surface area contributed by atoms with Crippen LogP contribution in [0.4, 0.5) is 0 Å². The first-order valence-corrected chi connectivity index (χ1v) is 7.92. The molecular weight excluding hydrogens is 272 g/mol. The van der Waals surface area contributed by atoms with Gasteiger partial charge in [0.1, 0.15) is 12.2 Å². The third kappa shape index (κ3) is 1.41. The predicted molar refractivity (Wildman–Crippen MR) is 71.9 cm³/mol. The Labute approximate surface area is 124 Å². The summed E-state index contributed by atoms with van der Waals surface area (Å²) in [6, 6.07) is 0. The highest BCUT2D eigenvalue weighted by Gasteiger charge is 2.86. The molecule has 0 bridgehead atoms. The van der Waals surface area contributed by atoms with Crippen LogP contribution in [0.2, 0.25) is 0 Å². The summed E-state index contributed by atoms with van der Waals surface area (Å²) >= 11 is 0. The Balaban J connectivity index is 1.32. The van der Waals surface area contributed by atoms with E-state index in [-0.39, 0.29) is 42.3 Å². The minimum atomic E-state index is -0.481. The second-order valence-electron chi connectivity index (χ2n) is 7.60. The van der Waals surface area contributed by atoms with Crippen molar-refractivity contribution in [3.8, 4) is 0 Å². The molecule has 3 aliphatic carbocycles. The van der Waals surface area contributed by atoms with Crippen molar-refractivity contribution < 1.29 is 23.8 Å². The monoisotopic (exact) mass is 294 g/mol. The zero-order valence-corrected chi connectivity index (χ0v) is 12.8. The highest BCUT2D eigenvalue weighted by molar-refractivity contribution is 5.80. The number of carbonyl (C=O) groups excluding carboxylic acids is 2. The van der Waals surface area contributed by atoms with Crippen molar-refractivity contribution >= 4 is 11.9 Å². The van der Waals surface area contributed by atoms with E-state index in [0.717, 1.165) is 19.3 Å². The lowest BCUT2D eigenvalue weighted by Gasteiger charge is -2.74.